The van der Waals surface area contributed by atoms with Crippen molar-refractivity contribution in [2.45, 2.75) is 0 Å². The topological polar surface area (TPSA) is 112 Å². The maximum Gasteiger partial charge on any atom is 0.356 e. The second-order valence-electron chi connectivity index (χ2n) is 4.35. The number of nitro groups is 1. The molecule has 1 aromatic heterocycles. The molecule has 8 nitrogen and oxygen atoms in total. The number of hydrogen-bond donors (Lipinski definition) is 1. The van der Waals surface area contributed by atoms with E-state index in [9.17, 15) is 19.7 Å². The molecule has 0 fully saturated rings. The third kappa shape index (κ3) is 3.02. The van der Waals surface area contributed by atoms with Gasteiger partial charge < -0.3 is 14.5 Å². The number of rotatable bonds is 4. The van der Waals surface area contributed by atoms with Gasteiger partial charge in [0, 0.05) is 17.7 Å². The number of nitrogens with one attached hydrogen (secondary N) is 1. The number of nitro benzene ring substituents is 1. The Labute approximate surface area is 135 Å². The average Bonchev–Trinajstić information content (AvgIpc) is 2.90. The number of ether oxygens (including phenoxy) is 2. The molecule has 0 amide bonds. The lowest BCUT2D eigenvalue weighted by atomic mass is 10.0. The summed E-state index contributed by atoms with van der Waals surface area (Å²) < 4.78 is 9.22. The zero-order valence-corrected chi connectivity index (χ0v) is 12.8. The number of aromatic amines is 1. The molecule has 1 heterocycles. The summed E-state index contributed by atoms with van der Waals surface area (Å²) in [6.07, 6.45) is 0. The molecule has 0 aliphatic heterocycles. The lowest BCUT2D eigenvalue weighted by molar-refractivity contribution is -0.384. The highest BCUT2D eigenvalue weighted by molar-refractivity contribution is 6.37. The van der Waals surface area contributed by atoms with Crippen molar-refractivity contribution in [2.75, 3.05) is 14.2 Å². The van der Waals surface area contributed by atoms with Crippen molar-refractivity contribution >= 4 is 29.2 Å². The van der Waals surface area contributed by atoms with Gasteiger partial charge in [0.05, 0.1) is 24.2 Å². The predicted molar refractivity (Wildman–Crippen MR) is 80.6 cm³/mol. The number of hydrogen-bond acceptors (Lipinski definition) is 6. The van der Waals surface area contributed by atoms with Crippen molar-refractivity contribution in [3.05, 3.63) is 50.8 Å². The number of aromatic nitrogens is 1. The van der Waals surface area contributed by atoms with E-state index in [1.54, 1.807) is 0 Å². The van der Waals surface area contributed by atoms with Gasteiger partial charge in [0.25, 0.3) is 5.69 Å². The molecule has 0 aliphatic carbocycles. The van der Waals surface area contributed by atoms with Crippen molar-refractivity contribution in [2.24, 2.45) is 0 Å². The summed E-state index contributed by atoms with van der Waals surface area (Å²) in [6.45, 7) is 0. The summed E-state index contributed by atoms with van der Waals surface area (Å²) in [5, 5.41) is 10.8. The van der Waals surface area contributed by atoms with Crippen LogP contribution in [0.2, 0.25) is 5.02 Å². The smallest absolute Gasteiger partial charge is 0.356 e. The first-order valence-electron chi connectivity index (χ1n) is 6.23. The largest absolute Gasteiger partial charge is 0.464 e. The quantitative estimate of drug-likeness (QED) is 0.521. The third-order valence-corrected chi connectivity index (χ3v) is 3.44. The van der Waals surface area contributed by atoms with E-state index in [4.69, 9.17) is 11.6 Å². The number of carbonyl (C=O) groups is 2. The van der Waals surface area contributed by atoms with Crippen molar-refractivity contribution in [1.29, 1.82) is 0 Å². The minimum Gasteiger partial charge on any atom is -0.464 e. The van der Waals surface area contributed by atoms with Gasteiger partial charge in [-0.05, 0) is 5.56 Å². The summed E-state index contributed by atoms with van der Waals surface area (Å²) in [6, 6.07) is 5.50. The van der Waals surface area contributed by atoms with Crippen LogP contribution in [0.1, 0.15) is 21.0 Å². The minimum atomic E-state index is -0.781. The highest BCUT2D eigenvalue weighted by atomic mass is 35.5. The molecule has 0 atom stereocenters. The third-order valence-electron chi connectivity index (χ3n) is 3.06. The van der Waals surface area contributed by atoms with Crippen LogP contribution in [-0.2, 0) is 9.47 Å². The van der Waals surface area contributed by atoms with Gasteiger partial charge in [-0.3, -0.25) is 10.1 Å². The maximum absolute atomic E-state index is 11.9. The standard InChI is InChI=1S/C14H11ClN2O6/c1-22-13(18)11-9(10(15)12(16-11)14(19)23-2)7-4-3-5-8(6-7)17(20)21/h3-6,16H,1-2H3. The second-order valence-corrected chi connectivity index (χ2v) is 4.73. The fourth-order valence-corrected chi connectivity index (χ4v) is 2.35. The number of non-ortho nitro benzene ring substituents is 1. The molecule has 2 rings (SSSR count). The Balaban J connectivity index is 2.71. The Morgan fingerprint density at radius 3 is 2.35 bits per heavy atom. The summed E-state index contributed by atoms with van der Waals surface area (Å²) in [7, 11) is 2.32. The van der Waals surface area contributed by atoms with Gasteiger partial charge in [-0.15, -0.1) is 0 Å². The van der Waals surface area contributed by atoms with Crippen molar-refractivity contribution in [3.8, 4) is 11.1 Å². The fourth-order valence-electron chi connectivity index (χ4n) is 2.02. The normalized spacial score (nSPS) is 10.2. The van der Waals surface area contributed by atoms with E-state index in [0.29, 0.717) is 0 Å². The monoisotopic (exact) mass is 338 g/mol. The number of halogens is 1. The zero-order valence-electron chi connectivity index (χ0n) is 12.1. The van der Waals surface area contributed by atoms with Gasteiger partial charge in [-0.25, -0.2) is 9.59 Å². The van der Waals surface area contributed by atoms with Crippen LogP contribution in [0, 0.1) is 10.1 Å². The first-order valence-corrected chi connectivity index (χ1v) is 6.61. The predicted octanol–water partition coefficient (Wildman–Crippen LogP) is 2.82. The van der Waals surface area contributed by atoms with Crippen LogP contribution in [0.5, 0.6) is 0 Å². The van der Waals surface area contributed by atoms with Gasteiger partial charge in [0.2, 0.25) is 0 Å². The first-order chi connectivity index (χ1) is 10.9. The van der Waals surface area contributed by atoms with Crippen LogP contribution >= 0.6 is 11.6 Å². The van der Waals surface area contributed by atoms with Crippen LogP contribution in [-0.4, -0.2) is 36.1 Å². The van der Waals surface area contributed by atoms with Gasteiger partial charge in [0.15, 0.2) is 0 Å². The Morgan fingerprint density at radius 1 is 1.17 bits per heavy atom. The van der Waals surface area contributed by atoms with E-state index in [-0.39, 0.29) is 33.2 Å². The summed E-state index contributed by atoms with van der Waals surface area (Å²) >= 11 is 6.16. The lowest BCUT2D eigenvalue weighted by Crippen LogP contribution is -2.06. The first kappa shape index (κ1) is 16.5. The zero-order chi connectivity index (χ0) is 17.1. The molecular weight excluding hydrogens is 328 g/mol. The Hall–Kier alpha value is -2.87. The van der Waals surface area contributed by atoms with Crippen LogP contribution in [0.15, 0.2) is 24.3 Å². The number of benzene rings is 1. The molecule has 0 unspecified atom stereocenters. The van der Waals surface area contributed by atoms with E-state index >= 15 is 0 Å². The molecule has 0 aliphatic rings. The van der Waals surface area contributed by atoms with Crippen LogP contribution < -0.4 is 0 Å². The number of nitrogens with zero attached hydrogens (tertiary/aromatic N) is 1. The Morgan fingerprint density at radius 2 is 1.78 bits per heavy atom. The van der Waals surface area contributed by atoms with E-state index in [1.165, 1.54) is 24.3 Å². The molecule has 23 heavy (non-hydrogen) atoms. The van der Waals surface area contributed by atoms with Crippen molar-refractivity contribution in [1.82, 2.24) is 4.98 Å². The summed E-state index contributed by atoms with van der Waals surface area (Å²) in [5.41, 5.74) is -0.0108. The molecule has 0 saturated heterocycles. The van der Waals surface area contributed by atoms with Crippen LogP contribution in [0.4, 0.5) is 5.69 Å². The molecular formula is C14H11ClN2O6. The molecule has 120 valence electrons. The van der Waals surface area contributed by atoms with E-state index in [1.807, 2.05) is 0 Å². The van der Waals surface area contributed by atoms with Gasteiger partial charge in [0.1, 0.15) is 11.4 Å². The maximum atomic E-state index is 11.9. The number of esters is 2. The molecule has 0 radical (unpaired) electrons. The van der Waals surface area contributed by atoms with Crippen LogP contribution in [0.3, 0.4) is 0 Å². The molecule has 9 heteroatoms. The number of H-pyrrole nitrogens is 1. The molecule has 0 spiro atoms. The number of carbonyl (C=O) groups excluding carboxylic acids is 2. The SMILES string of the molecule is COC(=O)c1[nH]c(C(=O)OC)c(-c2cccc([N+](=O)[O-])c2)c1Cl. The Kier molecular flexibility index (Phi) is 4.65. The highest BCUT2D eigenvalue weighted by Crippen LogP contribution is 2.36. The summed E-state index contributed by atoms with van der Waals surface area (Å²) in [5.74, 6) is -1.56. The summed E-state index contributed by atoms with van der Waals surface area (Å²) in [4.78, 5) is 36.5. The van der Waals surface area contributed by atoms with Crippen LogP contribution in [0.25, 0.3) is 11.1 Å². The molecule has 1 N–H and O–H groups in total. The van der Waals surface area contributed by atoms with Gasteiger partial charge >= 0.3 is 11.9 Å². The number of methoxy groups -OCH3 is 2. The van der Waals surface area contributed by atoms with E-state index in [0.717, 1.165) is 14.2 Å². The van der Waals surface area contributed by atoms with Gasteiger partial charge in [-0.2, -0.15) is 0 Å². The molecule has 2 aromatic rings. The highest BCUT2D eigenvalue weighted by Gasteiger charge is 2.27. The second kappa shape index (κ2) is 6.49. The average molecular weight is 339 g/mol. The van der Waals surface area contributed by atoms with Crippen molar-refractivity contribution in [3.63, 3.8) is 0 Å². The van der Waals surface area contributed by atoms with E-state index in [2.05, 4.69) is 14.5 Å². The minimum absolute atomic E-state index is 0.0854. The van der Waals surface area contributed by atoms with Crippen molar-refractivity contribution < 1.29 is 24.0 Å². The Bertz CT molecular complexity index is 799. The fraction of sp³-hybridized carbons (Fsp3) is 0.143. The molecule has 1 aromatic carbocycles. The van der Waals surface area contributed by atoms with E-state index < -0.39 is 16.9 Å². The molecule has 0 saturated carbocycles. The lowest BCUT2D eigenvalue weighted by Gasteiger charge is -2.03. The molecule has 0 bridgehead atoms. The van der Waals surface area contributed by atoms with Gasteiger partial charge in [-0.1, -0.05) is 23.7 Å².